The van der Waals surface area contributed by atoms with Crippen LogP contribution < -0.4 is 0 Å². The van der Waals surface area contributed by atoms with Crippen LogP contribution in [-0.4, -0.2) is 30.7 Å². The quantitative estimate of drug-likeness (QED) is 0.487. The molecule has 0 aromatic heterocycles. The molecule has 1 aliphatic carbocycles. The third kappa shape index (κ3) is 3.17. The average molecular weight is 183 g/mol. The Labute approximate surface area is 79.1 Å². The fraction of sp³-hybridized carbons (Fsp3) is 0.800. The lowest BCUT2D eigenvalue weighted by molar-refractivity contribution is -0.138. The van der Waals surface area contributed by atoms with E-state index in [1.165, 1.54) is 37.0 Å². The molecule has 0 atom stereocenters. The van der Waals surface area contributed by atoms with E-state index < -0.39 is 5.91 Å². The van der Waals surface area contributed by atoms with Crippen molar-refractivity contribution < 1.29 is 9.59 Å². The highest BCUT2D eigenvalue weighted by molar-refractivity contribution is 6.23. The van der Waals surface area contributed by atoms with Crippen molar-refractivity contribution in [2.45, 2.75) is 32.1 Å². The molecule has 1 saturated carbocycles. The van der Waals surface area contributed by atoms with Crippen molar-refractivity contribution >= 4 is 12.2 Å². The van der Waals surface area contributed by atoms with Crippen LogP contribution in [0.4, 0.5) is 0 Å². The molecule has 13 heavy (non-hydrogen) atoms. The first kappa shape index (κ1) is 10.2. The van der Waals surface area contributed by atoms with Crippen molar-refractivity contribution in [3.8, 4) is 0 Å². The molecular weight excluding hydrogens is 166 g/mol. The highest BCUT2D eigenvalue weighted by Gasteiger charge is 2.17. The topological polar surface area (TPSA) is 37.4 Å². The molecule has 0 aliphatic heterocycles. The van der Waals surface area contributed by atoms with E-state index in [-0.39, 0.29) is 0 Å². The molecule has 0 N–H and O–H groups in total. The average Bonchev–Trinajstić information content (AvgIpc) is 2.18. The second-order valence-corrected chi connectivity index (χ2v) is 3.84. The Balaban J connectivity index is 2.29. The van der Waals surface area contributed by atoms with Gasteiger partial charge in [-0.1, -0.05) is 19.3 Å². The van der Waals surface area contributed by atoms with Gasteiger partial charge in [-0.2, -0.15) is 0 Å². The summed E-state index contributed by atoms with van der Waals surface area (Å²) in [4.78, 5) is 22.7. The third-order valence-corrected chi connectivity index (χ3v) is 2.73. The normalized spacial score (nSPS) is 18.2. The van der Waals surface area contributed by atoms with Gasteiger partial charge >= 0.3 is 0 Å². The molecule has 0 radical (unpaired) electrons. The van der Waals surface area contributed by atoms with Crippen LogP contribution in [0.1, 0.15) is 32.1 Å². The van der Waals surface area contributed by atoms with Gasteiger partial charge in [0.25, 0.3) is 5.91 Å². The maximum atomic E-state index is 10.9. The minimum atomic E-state index is -0.398. The Kier molecular flexibility index (Phi) is 3.93. The number of aldehydes is 1. The summed E-state index contributed by atoms with van der Waals surface area (Å²) in [5.74, 6) is 0.216. The standard InChI is InChI=1S/C10H17NO2/c1-11(10(13)8-12)7-9-5-3-2-4-6-9/h8-9H,2-7H2,1H3. The first-order valence-corrected chi connectivity index (χ1v) is 4.94. The zero-order valence-electron chi connectivity index (χ0n) is 8.16. The van der Waals surface area contributed by atoms with Gasteiger partial charge in [0.2, 0.25) is 6.29 Å². The van der Waals surface area contributed by atoms with Gasteiger partial charge in [-0.25, -0.2) is 0 Å². The van der Waals surface area contributed by atoms with E-state index in [0.717, 1.165) is 6.54 Å². The summed E-state index contributed by atoms with van der Waals surface area (Å²) in [6.45, 7) is 0.748. The zero-order chi connectivity index (χ0) is 9.68. The van der Waals surface area contributed by atoms with E-state index >= 15 is 0 Å². The summed E-state index contributed by atoms with van der Waals surface area (Å²) in [7, 11) is 1.70. The minimum Gasteiger partial charge on any atom is -0.339 e. The number of carbonyl (C=O) groups excluding carboxylic acids is 2. The third-order valence-electron chi connectivity index (χ3n) is 2.73. The Hall–Kier alpha value is -0.860. The molecule has 0 heterocycles. The molecule has 1 aliphatic rings. The smallest absolute Gasteiger partial charge is 0.286 e. The van der Waals surface area contributed by atoms with Gasteiger partial charge in [0.15, 0.2) is 0 Å². The largest absolute Gasteiger partial charge is 0.339 e. The summed E-state index contributed by atoms with van der Waals surface area (Å²) < 4.78 is 0. The van der Waals surface area contributed by atoms with Gasteiger partial charge in [0.05, 0.1) is 0 Å². The molecule has 3 heteroatoms. The number of amides is 1. The SMILES string of the molecule is CN(CC1CCCCC1)C(=O)C=O. The Morgan fingerprint density at radius 1 is 1.38 bits per heavy atom. The fourth-order valence-corrected chi connectivity index (χ4v) is 1.94. The zero-order valence-corrected chi connectivity index (χ0v) is 8.16. The summed E-state index contributed by atoms with van der Waals surface area (Å²) in [6.07, 6.45) is 6.67. The van der Waals surface area contributed by atoms with Crippen molar-refractivity contribution in [1.82, 2.24) is 4.90 Å². The lowest BCUT2D eigenvalue weighted by Crippen LogP contribution is -2.33. The first-order chi connectivity index (χ1) is 6.24. The molecule has 1 rings (SSSR count). The summed E-state index contributed by atoms with van der Waals surface area (Å²) in [5, 5.41) is 0. The van der Waals surface area contributed by atoms with E-state index in [4.69, 9.17) is 0 Å². The van der Waals surface area contributed by atoms with E-state index in [2.05, 4.69) is 0 Å². The van der Waals surface area contributed by atoms with Gasteiger partial charge in [0.1, 0.15) is 0 Å². The van der Waals surface area contributed by atoms with E-state index in [0.29, 0.717) is 12.2 Å². The Morgan fingerprint density at radius 2 is 2.00 bits per heavy atom. The first-order valence-electron chi connectivity index (χ1n) is 4.94. The maximum Gasteiger partial charge on any atom is 0.286 e. The molecular formula is C10H17NO2. The number of rotatable bonds is 3. The second-order valence-electron chi connectivity index (χ2n) is 3.84. The second kappa shape index (κ2) is 5.00. The number of nitrogens with zero attached hydrogens (tertiary/aromatic N) is 1. The molecule has 0 spiro atoms. The van der Waals surface area contributed by atoms with Crippen LogP contribution in [-0.2, 0) is 9.59 Å². The van der Waals surface area contributed by atoms with E-state index in [1.807, 2.05) is 0 Å². The number of carbonyl (C=O) groups is 2. The molecule has 0 aromatic rings. The molecule has 0 unspecified atom stereocenters. The van der Waals surface area contributed by atoms with Gasteiger partial charge < -0.3 is 4.90 Å². The molecule has 3 nitrogen and oxygen atoms in total. The van der Waals surface area contributed by atoms with Crippen molar-refractivity contribution in [2.24, 2.45) is 5.92 Å². The fourth-order valence-electron chi connectivity index (χ4n) is 1.94. The maximum absolute atomic E-state index is 10.9. The van der Waals surface area contributed by atoms with Gasteiger partial charge in [-0.15, -0.1) is 0 Å². The van der Waals surface area contributed by atoms with Crippen LogP contribution in [0.5, 0.6) is 0 Å². The Morgan fingerprint density at radius 3 is 2.54 bits per heavy atom. The molecule has 0 bridgehead atoms. The van der Waals surface area contributed by atoms with Gasteiger partial charge in [-0.05, 0) is 18.8 Å². The van der Waals surface area contributed by atoms with Crippen molar-refractivity contribution in [2.75, 3.05) is 13.6 Å². The highest BCUT2D eigenvalue weighted by Crippen LogP contribution is 2.23. The van der Waals surface area contributed by atoms with Crippen LogP contribution in [0.25, 0.3) is 0 Å². The van der Waals surface area contributed by atoms with E-state index in [1.54, 1.807) is 7.05 Å². The minimum absolute atomic E-state index is 0.392. The molecule has 0 aromatic carbocycles. The van der Waals surface area contributed by atoms with Crippen molar-refractivity contribution in [1.29, 1.82) is 0 Å². The van der Waals surface area contributed by atoms with Crippen LogP contribution in [0.2, 0.25) is 0 Å². The summed E-state index contributed by atoms with van der Waals surface area (Å²) in [5.41, 5.74) is 0. The predicted octanol–water partition coefficient (Wildman–Crippen LogP) is 1.22. The van der Waals surface area contributed by atoms with E-state index in [9.17, 15) is 9.59 Å². The number of likely N-dealkylation sites (N-methyl/N-ethyl adjacent to an activating group) is 1. The molecule has 1 fully saturated rings. The molecule has 74 valence electrons. The van der Waals surface area contributed by atoms with Gasteiger partial charge in [-0.3, -0.25) is 9.59 Å². The molecule has 1 amide bonds. The van der Waals surface area contributed by atoms with Crippen LogP contribution in [0.15, 0.2) is 0 Å². The highest BCUT2D eigenvalue weighted by atomic mass is 16.2. The molecule has 0 saturated heterocycles. The summed E-state index contributed by atoms with van der Waals surface area (Å²) in [6, 6.07) is 0. The van der Waals surface area contributed by atoms with Crippen LogP contribution in [0.3, 0.4) is 0 Å². The lowest BCUT2D eigenvalue weighted by Gasteiger charge is -2.25. The Bertz CT molecular complexity index is 185. The van der Waals surface area contributed by atoms with Crippen LogP contribution in [0, 0.1) is 5.92 Å². The van der Waals surface area contributed by atoms with Crippen molar-refractivity contribution in [3.05, 3.63) is 0 Å². The van der Waals surface area contributed by atoms with Gasteiger partial charge in [0, 0.05) is 13.6 Å². The lowest BCUT2D eigenvalue weighted by atomic mass is 9.89. The monoisotopic (exact) mass is 183 g/mol. The summed E-state index contributed by atoms with van der Waals surface area (Å²) >= 11 is 0. The number of hydrogen-bond donors (Lipinski definition) is 0. The van der Waals surface area contributed by atoms with Crippen molar-refractivity contribution in [3.63, 3.8) is 0 Å². The number of hydrogen-bond acceptors (Lipinski definition) is 2. The van der Waals surface area contributed by atoms with Crippen LogP contribution >= 0.6 is 0 Å². The predicted molar refractivity (Wildman–Crippen MR) is 50.3 cm³/mol.